The smallest absolute Gasteiger partial charge is 0.303 e. The molecular weight excluding hydrogens is 576 g/mol. The zero-order chi connectivity index (χ0) is 32.7. The van der Waals surface area contributed by atoms with Gasteiger partial charge in [0.1, 0.15) is 6.10 Å². The highest BCUT2D eigenvalue weighted by molar-refractivity contribution is 5.66. The summed E-state index contributed by atoms with van der Waals surface area (Å²) in [4.78, 5) is 11.9. The average Bonchev–Trinajstić information content (AvgIpc) is 3.55. The van der Waals surface area contributed by atoms with Crippen LogP contribution >= 0.6 is 0 Å². The van der Waals surface area contributed by atoms with Crippen LogP contribution in [-0.4, -0.2) is 88.6 Å². The van der Waals surface area contributed by atoms with E-state index in [0.717, 1.165) is 38.7 Å². The van der Waals surface area contributed by atoms with E-state index in [0.29, 0.717) is 35.0 Å². The van der Waals surface area contributed by atoms with Crippen LogP contribution in [0.1, 0.15) is 112 Å². The van der Waals surface area contributed by atoms with Gasteiger partial charge in [0.05, 0.1) is 36.6 Å². The van der Waals surface area contributed by atoms with Crippen LogP contribution in [0.5, 0.6) is 0 Å². The standard InChI is InChI=1S/C35H56O8.CH4O/c1-19(36)41-30(32(4,5)39)25-9-7-21-26(42-25)15-22-20-8-10-27-31(2,3)28(43-29-16-23(37)24(38)17-40-29)11-12-35(27)18-34(20,35)14-13-33(21,22)6;1-2/h20-30,37-39H,7-18H2,1-6H3;2H,1H3/t20?,21-,22?,23+,24?,25?,26?,27-,28-,29?,30-,33?,34-,35?;/m0./s1. The molecule has 5 aliphatic carbocycles. The molecule has 2 spiro atoms. The zero-order valence-corrected chi connectivity index (χ0v) is 28.7. The maximum atomic E-state index is 11.9. The summed E-state index contributed by atoms with van der Waals surface area (Å²) in [6.07, 6.45) is 9.32. The molecule has 0 bridgehead atoms. The van der Waals surface area contributed by atoms with Crippen LogP contribution < -0.4 is 0 Å². The number of hydrogen-bond acceptors (Lipinski definition) is 9. The fourth-order valence-electron chi connectivity index (χ4n) is 12.6. The Kier molecular flexibility index (Phi) is 8.83. The maximum Gasteiger partial charge on any atom is 0.303 e. The molecule has 7 rings (SSSR count). The predicted molar refractivity (Wildman–Crippen MR) is 167 cm³/mol. The molecule has 7 aliphatic rings. The topological polar surface area (TPSA) is 135 Å². The van der Waals surface area contributed by atoms with E-state index < -0.39 is 30.2 Å². The predicted octanol–water partition coefficient (Wildman–Crippen LogP) is 4.36. The first-order valence-corrected chi connectivity index (χ1v) is 17.8. The molecule has 0 radical (unpaired) electrons. The summed E-state index contributed by atoms with van der Waals surface area (Å²) in [5, 5.41) is 38.0. The number of carbonyl (C=O) groups excluding carboxylic acids is 1. The molecule has 0 amide bonds. The lowest BCUT2D eigenvalue weighted by molar-refractivity contribution is -0.264. The van der Waals surface area contributed by atoms with Crippen molar-refractivity contribution in [2.24, 2.45) is 45.3 Å². The van der Waals surface area contributed by atoms with E-state index >= 15 is 0 Å². The van der Waals surface area contributed by atoms with Gasteiger partial charge in [-0.05, 0) is 123 Å². The Morgan fingerprint density at radius 2 is 1.60 bits per heavy atom. The van der Waals surface area contributed by atoms with Crippen LogP contribution in [0.2, 0.25) is 0 Å². The molecular formula is C36H60O9. The number of fused-ring (bicyclic) bond motifs is 4. The van der Waals surface area contributed by atoms with Crippen molar-refractivity contribution >= 4 is 5.97 Å². The van der Waals surface area contributed by atoms with Gasteiger partial charge in [0.25, 0.3) is 0 Å². The third kappa shape index (κ3) is 5.25. The first-order valence-electron chi connectivity index (χ1n) is 17.8. The maximum absolute atomic E-state index is 11.9. The van der Waals surface area contributed by atoms with Crippen LogP contribution in [0.3, 0.4) is 0 Å². The Morgan fingerprint density at radius 3 is 2.27 bits per heavy atom. The Bertz CT molecular complexity index is 1100. The van der Waals surface area contributed by atoms with Crippen LogP contribution in [0.4, 0.5) is 0 Å². The molecule has 9 nitrogen and oxygen atoms in total. The van der Waals surface area contributed by atoms with Crippen molar-refractivity contribution in [1.29, 1.82) is 0 Å². The number of esters is 1. The van der Waals surface area contributed by atoms with Crippen molar-refractivity contribution in [2.75, 3.05) is 13.7 Å². The van der Waals surface area contributed by atoms with Gasteiger partial charge in [-0.2, -0.15) is 0 Å². The summed E-state index contributed by atoms with van der Waals surface area (Å²) in [7, 11) is 1.00. The van der Waals surface area contributed by atoms with Crippen molar-refractivity contribution < 1.29 is 44.2 Å². The molecule has 14 atom stereocenters. The van der Waals surface area contributed by atoms with Crippen LogP contribution in [0.15, 0.2) is 0 Å². The Hall–Kier alpha value is -0.810. The van der Waals surface area contributed by atoms with Gasteiger partial charge in [0.15, 0.2) is 12.4 Å². The molecule has 8 unspecified atom stereocenters. The van der Waals surface area contributed by atoms with Crippen LogP contribution in [0, 0.1) is 45.3 Å². The number of rotatable bonds is 5. The van der Waals surface area contributed by atoms with Crippen molar-refractivity contribution in [3.8, 4) is 0 Å². The molecule has 7 fully saturated rings. The summed E-state index contributed by atoms with van der Waals surface area (Å²) in [6.45, 7) is 12.4. The molecule has 45 heavy (non-hydrogen) atoms. The van der Waals surface area contributed by atoms with Gasteiger partial charge < -0.3 is 39.4 Å². The summed E-state index contributed by atoms with van der Waals surface area (Å²) in [6, 6.07) is 0. The fourth-order valence-corrected chi connectivity index (χ4v) is 12.6. The third-order valence-electron chi connectivity index (χ3n) is 14.5. The Balaban J connectivity index is 0.00000175. The van der Waals surface area contributed by atoms with E-state index in [1.807, 2.05) is 0 Å². The monoisotopic (exact) mass is 636 g/mol. The van der Waals surface area contributed by atoms with Crippen LogP contribution in [-0.2, 0) is 23.7 Å². The second kappa shape index (κ2) is 11.7. The van der Waals surface area contributed by atoms with Gasteiger partial charge in [0, 0.05) is 20.5 Å². The average molecular weight is 637 g/mol. The normalized spacial score (nSPS) is 50.3. The minimum Gasteiger partial charge on any atom is -0.457 e. The Labute approximate surface area is 269 Å². The number of ether oxygens (including phenoxy) is 4. The number of hydrogen-bond donors (Lipinski definition) is 4. The van der Waals surface area contributed by atoms with Crippen LogP contribution in [0.25, 0.3) is 0 Å². The molecule has 2 aliphatic heterocycles. The molecule has 5 saturated carbocycles. The van der Waals surface area contributed by atoms with Gasteiger partial charge in [-0.15, -0.1) is 0 Å². The first-order chi connectivity index (χ1) is 21.1. The van der Waals surface area contributed by atoms with Crippen molar-refractivity contribution in [2.45, 2.75) is 161 Å². The van der Waals surface area contributed by atoms with Gasteiger partial charge in [-0.1, -0.05) is 20.8 Å². The molecule has 258 valence electrons. The quantitative estimate of drug-likeness (QED) is 0.257. The largest absolute Gasteiger partial charge is 0.457 e. The minimum absolute atomic E-state index is 0.0284. The second-order valence-electron chi connectivity index (χ2n) is 17.3. The van der Waals surface area contributed by atoms with E-state index in [9.17, 15) is 20.1 Å². The highest BCUT2D eigenvalue weighted by Crippen LogP contribution is 2.87. The molecule has 2 heterocycles. The highest BCUT2D eigenvalue weighted by atomic mass is 16.7. The summed E-state index contributed by atoms with van der Waals surface area (Å²) < 4.78 is 24.8. The lowest BCUT2D eigenvalue weighted by atomic mass is 9.46. The zero-order valence-electron chi connectivity index (χ0n) is 28.7. The van der Waals surface area contributed by atoms with Crippen molar-refractivity contribution in [1.82, 2.24) is 0 Å². The first kappa shape index (κ1) is 34.1. The third-order valence-corrected chi connectivity index (χ3v) is 14.5. The summed E-state index contributed by atoms with van der Waals surface area (Å²) >= 11 is 0. The number of carbonyl (C=O) groups is 1. The second-order valence-corrected chi connectivity index (χ2v) is 17.3. The molecule has 9 heteroatoms. The SMILES string of the molecule is CC(=O)O[C@@H](C1CC[C@H]2C(CC3C4CC[C@H]5C(C)(C)[C@@H](OC6C[C@@H](O)C(O)CO6)CCC56C[C@@]46CCC32C)O1)C(C)(C)O.CO. The van der Waals surface area contributed by atoms with Gasteiger partial charge in [0.2, 0.25) is 0 Å². The summed E-state index contributed by atoms with van der Waals surface area (Å²) in [5.41, 5.74) is 0.00131. The van der Waals surface area contributed by atoms with E-state index in [2.05, 4.69) is 20.8 Å². The van der Waals surface area contributed by atoms with E-state index in [4.69, 9.17) is 24.1 Å². The number of aliphatic hydroxyl groups is 4. The minimum atomic E-state index is -1.15. The molecule has 0 aromatic rings. The molecule has 4 N–H and O–H groups in total. The summed E-state index contributed by atoms with van der Waals surface area (Å²) in [5.74, 6) is 2.18. The van der Waals surface area contributed by atoms with Crippen molar-refractivity contribution in [3.63, 3.8) is 0 Å². The van der Waals surface area contributed by atoms with E-state index in [-0.39, 0.29) is 41.7 Å². The Morgan fingerprint density at radius 1 is 0.889 bits per heavy atom. The highest BCUT2D eigenvalue weighted by Gasteiger charge is 2.80. The molecule has 2 saturated heterocycles. The van der Waals surface area contributed by atoms with Gasteiger partial charge in [-0.3, -0.25) is 4.79 Å². The van der Waals surface area contributed by atoms with Gasteiger partial charge >= 0.3 is 5.97 Å². The fraction of sp³-hybridized carbons (Fsp3) is 0.972. The lowest BCUT2D eigenvalue weighted by Gasteiger charge is -2.60. The van der Waals surface area contributed by atoms with E-state index in [1.165, 1.54) is 45.4 Å². The van der Waals surface area contributed by atoms with Gasteiger partial charge in [-0.25, -0.2) is 0 Å². The van der Waals surface area contributed by atoms with Crippen molar-refractivity contribution in [3.05, 3.63) is 0 Å². The van der Waals surface area contributed by atoms with E-state index in [1.54, 1.807) is 13.8 Å². The lowest BCUT2D eigenvalue weighted by Crippen LogP contribution is -2.56. The molecule has 0 aromatic carbocycles. The number of aliphatic hydroxyl groups excluding tert-OH is 3. The molecule has 0 aromatic heterocycles.